The van der Waals surface area contributed by atoms with E-state index in [1.165, 1.54) is 0 Å². The number of aryl methyl sites for hydroxylation is 2. The average molecular weight is 290 g/mol. The Morgan fingerprint density at radius 2 is 1.80 bits per heavy atom. The van der Waals surface area contributed by atoms with E-state index in [0.717, 1.165) is 12.0 Å². The van der Waals surface area contributed by atoms with Gasteiger partial charge in [0.2, 0.25) is 0 Å². The van der Waals surface area contributed by atoms with E-state index in [-0.39, 0.29) is 10.6 Å². The first kappa shape index (κ1) is 14.4. The second-order valence-corrected chi connectivity index (χ2v) is 6.23. The van der Waals surface area contributed by atoms with Crippen molar-refractivity contribution in [3.8, 4) is 0 Å². The van der Waals surface area contributed by atoms with Gasteiger partial charge in [0.25, 0.3) is 10.0 Å². The smallest absolute Gasteiger partial charge is 0.264 e. The molecule has 0 saturated carbocycles. The van der Waals surface area contributed by atoms with E-state index in [1.54, 1.807) is 37.3 Å². The summed E-state index contributed by atoms with van der Waals surface area (Å²) >= 11 is 0. The van der Waals surface area contributed by atoms with Gasteiger partial charge in [-0.15, -0.1) is 0 Å². The molecule has 5 heteroatoms. The Hall–Kier alpha value is -2.01. The Morgan fingerprint density at radius 1 is 1.10 bits per heavy atom. The lowest BCUT2D eigenvalue weighted by Crippen LogP contribution is -2.17. The molecule has 0 atom stereocenters. The number of nitrogen functional groups attached to an aromatic ring is 1. The minimum Gasteiger partial charge on any atom is -0.398 e. The van der Waals surface area contributed by atoms with Gasteiger partial charge in [0.1, 0.15) is 4.90 Å². The topological polar surface area (TPSA) is 72.2 Å². The number of hydrogen-bond acceptors (Lipinski definition) is 3. The van der Waals surface area contributed by atoms with Crippen molar-refractivity contribution in [1.82, 2.24) is 0 Å². The molecule has 0 heterocycles. The maximum atomic E-state index is 12.5. The lowest BCUT2D eigenvalue weighted by atomic mass is 10.1. The lowest BCUT2D eigenvalue weighted by molar-refractivity contribution is 0.601. The van der Waals surface area contributed by atoms with Crippen molar-refractivity contribution in [3.05, 3.63) is 53.6 Å². The van der Waals surface area contributed by atoms with Gasteiger partial charge in [-0.05, 0) is 36.6 Å². The van der Waals surface area contributed by atoms with Crippen LogP contribution in [0.2, 0.25) is 0 Å². The van der Waals surface area contributed by atoms with E-state index in [4.69, 9.17) is 5.73 Å². The van der Waals surface area contributed by atoms with Gasteiger partial charge in [-0.25, -0.2) is 8.42 Å². The zero-order chi connectivity index (χ0) is 14.8. The number of para-hydroxylation sites is 1. The molecule has 2 aromatic carbocycles. The molecule has 0 aliphatic carbocycles. The van der Waals surface area contributed by atoms with E-state index in [1.807, 2.05) is 19.1 Å². The molecule has 20 heavy (non-hydrogen) atoms. The SMILES string of the molecule is CCc1ccccc1NS(=O)(=O)c1c(C)cccc1N. The van der Waals surface area contributed by atoms with Crippen LogP contribution in [0.25, 0.3) is 0 Å². The summed E-state index contributed by atoms with van der Waals surface area (Å²) in [5.41, 5.74) is 8.24. The summed E-state index contributed by atoms with van der Waals surface area (Å²) in [6.07, 6.45) is 0.752. The molecule has 0 aromatic heterocycles. The van der Waals surface area contributed by atoms with Crippen LogP contribution in [-0.2, 0) is 16.4 Å². The third-order valence-corrected chi connectivity index (χ3v) is 4.74. The fourth-order valence-electron chi connectivity index (χ4n) is 2.17. The molecule has 0 amide bonds. The molecule has 0 saturated heterocycles. The molecular weight excluding hydrogens is 272 g/mol. The second kappa shape index (κ2) is 5.54. The van der Waals surface area contributed by atoms with Crippen LogP contribution in [0.3, 0.4) is 0 Å². The minimum absolute atomic E-state index is 0.144. The number of benzene rings is 2. The van der Waals surface area contributed by atoms with E-state index in [2.05, 4.69) is 4.72 Å². The molecular formula is C15H18N2O2S. The Balaban J connectivity index is 2.47. The summed E-state index contributed by atoms with van der Waals surface area (Å²) < 4.78 is 27.7. The Bertz CT molecular complexity index is 704. The second-order valence-electron chi connectivity index (χ2n) is 4.61. The molecule has 2 rings (SSSR count). The van der Waals surface area contributed by atoms with E-state index in [0.29, 0.717) is 11.3 Å². The minimum atomic E-state index is -3.68. The molecule has 0 bridgehead atoms. The van der Waals surface area contributed by atoms with Gasteiger partial charge < -0.3 is 5.73 Å². The van der Waals surface area contributed by atoms with Gasteiger partial charge in [-0.3, -0.25) is 4.72 Å². The molecule has 106 valence electrons. The molecule has 0 aliphatic heterocycles. The fourth-order valence-corrected chi connectivity index (χ4v) is 3.63. The highest BCUT2D eigenvalue weighted by Gasteiger charge is 2.20. The molecule has 0 spiro atoms. The first-order valence-electron chi connectivity index (χ1n) is 6.41. The van der Waals surface area contributed by atoms with E-state index in [9.17, 15) is 8.42 Å². The normalized spacial score (nSPS) is 11.3. The molecule has 3 N–H and O–H groups in total. The third kappa shape index (κ3) is 2.77. The monoisotopic (exact) mass is 290 g/mol. The summed E-state index contributed by atoms with van der Waals surface area (Å²) in [4.78, 5) is 0.144. The van der Waals surface area contributed by atoms with Gasteiger partial charge in [0, 0.05) is 0 Å². The number of anilines is 2. The summed E-state index contributed by atoms with van der Waals surface area (Å²) in [5, 5.41) is 0. The maximum Gasteiger partial charge on any atom is 0.264 e. The highest BCUT2D eigenvalue weighted by Crippen LogP contribution is 2.26. The van der Waals surface area contributed by atoms with Crippen LogP contribution in [0, 0.1) is 6.92 Å². The standard InChI is InChI=1S/C15H18N2O2S/c1-3-12-8-4-5-10-14(12)17-20(18,19)15-11(2)7-6-9-13(15)16/h4-10,17H,3,16H2,1-2H3. The van der Waals surface area contributed by atoms with Crippen molar-refractivity contribution < 1.29 is 8.42 Å². The van der Waals surface area contributed by atoms with Crippen LogP contribution in [0.4, 0.5) is 11.4 Å². The Kier molecular flexibility index (Phi) is 3.99. The first-order valence-corrected chi connectivity index (χ1v) is 7.90. The summed E-state index contributed by atoms with van der Waals surface area (Å²) in [6, 6.07) is 12.4. The van der Waals surface area contributed by atoms with E-state index >= 15 is 0 Å². The number of sulfonamides is 1. The number of nitrogens with one attached hydrogen (secondary N) is 1. The first-order chi connectivity index (χ1) is 9.45. The number of nitrogens with two attached hydrogens (primary N) is 1. The van der Waals surface area contributed by atoms with Gasteiger partial charge in [-0.1, -0.05) is 37.3 Å². The predicted octanol–water partition coefficient (Wildman–Crippen LogP) is 2.94. The largest absolute Gasteiger partial charge is 0.398 e. The van der Waals surface area contributed by atoms with Crippen molar-refractivity contribution in [3.63, 3.8) is 0 Å². The van der Waals surface area contributed by atoms with Crippen molar-refractivity contribution in [2.24, 2.45) is 0 Å². The molecule has 0 unspecified atom stereocenters. The molecule has 4 nitrogen and oxygen atoms in total. The van der Waals surface area contributed by atoms with E-state index < -0.39 is 10.0 Å². The molecule has 0 aliphatic rings. The highest BCUT2D eigenvalue weighted by atomic mass is 32.2. The summed E-state index contributed by atoms with van der Waals surface area (Å²) in [5.74, 6) is 0. The number of hydrogen-bond donors (Lipinski definition) is 2. The van der Waals surface area contributed by atoms with Crippen LogP contribution in [0.15, 0.2) is 47.4 Å². The number of rotatable bonds is 4. The van der Waals surface area contributed by atoms with Crippen LogP contribution < -0.4 is 10.5 Å². The zero-order valence-corrected chi connectivity index (χ0v) is 12.4. The Morgan fingerprint density at radius 3 is 2.45 bits per heavy atom. The van der Waals surface area contributed by atoms with Crippen molar-refractivity contribution >= 4 is 21.4 Å². The maximum absolute atomic E-state index is 12.5. The molecule has 2 aromatic rings. The summed E-state index contributed by atoms with van der Waals surface area (Å²) in [7, 11) is -3.68. The van der Waals surface area contributed by atoms with Gasteiger partial charge in [0.15, 0.2) is 0 Å². The van der Waals surface area contributed by atoms with Crippen LogP contribution >= 0.6 is 0 Å². The Labute approximate surface area is 119 Å². The van der Waals surface area contributed by atoms with Gasteiger partial charge >= 0.3 is 0 Å². The van der Waals surface area contributed by atoms with Crippen molar-refractivity contribution in [2.45, 2.75) is 25.2 Å². The average Bonchev–Trinajstić information content (AvgIpc) is 2.38. The fraction of sp³-hybridized carbons (Fsp3) is 0.200. The van der Waals surface area contributed by atoms with Crippen molar-refractivity contribution in [2.75, 3.05) is 10.5 Å². The van der Waals surface area contributed by atoms with Gasteiger partial charge in [-0.2, -0.15) is 0 Å². The van der Waals surface area contributed by atoms with Crippen LogP contribution in [0.1, 0.15) is 18.1 Å². The zero-order valence-electron chi connectivity index (χ0n) is 11.6. The highest BCUT2D eigenvalue weighted by molar-refractivity contribution is 7.93. The quantitative estimate of drug-likeness (QED) is 0.850. The third-order valence-electron chi connectivity index (χ3n) is 3.15. The molecule has 0 radical (unpaired) electrons. The van der Waals surface area contributed by atoms with Crippen LogP contribution in [0.5, 0.6) is 0 Å². The van der Waals surface area contributed by atoms with Crippen LogP contribution in [-0.4, -0.2) is 8.42 Å². The lowest BCUT2D eigenvalue weighted by Gasteiger charge is -2.14. The summed E-state index contributed by atoms with van der Waals surface area (Å²) in [6.45, 7) is 3.71. The van der Waals surface area contributed by atoms with Crippen molar-refractivity contribution in [1.29, 1.82) is 0 Å². The predicted molar refractivity (Wildman–Crippen MR) is 82.2 cm³/mol. The van der Waals surface area contributed by atoms with Gasteiger partial charge in [0.05, 0.1) is 11.4 Å². The molecule has 0 fully saturated rings.